The Labute approximate surface area is 161 Å². The zero-order valence-electron chi connectivity index (χ0n) is 15.8. The third-order valence-electron chi connectivity index (χ3n) is 5.06. The number of carbonyl (C=O) groups excluding carboxylic acids is 2. The van der Waals surface area contributed by atoms with Gasteiger partial charge in [-0.3, -0.25) is 14.3 Å². The molecule has 28 heavy (non-hydrogen) atoms. The van der Waals surface area contributed by atoms with Crippen LogP contribution < -0.4 is 5.32 Å². The summed E-state index contributed by atoms with van der Waals surface area (Å²) in [5.74, 6) is -0.617. The zero-order chi connectivity index (χ0) is 19.8. The van der Waals surface area contributed by atoms with Gasteiger partial charge in [0.15, 0.2) is 5.69 Å². The van der Waals surface area contributed by atoms with Crippen LogP contribution in [0.3, 0.4) is 0 Å². The SMILES string of the molecule is Cc1ccc2c(c1)c(C(=O)N[C@H]1CC(=O)N(Cc3ccc(F)cc3)C1)nn2C. The van der Waals surface area contributed by atoms with E-state index in [1.54, 1.807) is 28.8 Å². The van der Waals surface area contributed by atoms with Crippen molar-refractivity contribution < 1.29 is 14.0 Å². The molecule has 3 aromatic rings. The quantitative estimate of drug-likeness (QED) is 0.756. The third-order valence-corrected chi connectivity index (χ3v) is 5.06. The van der Waals surface area contributed by atoms with Gasteiger partial charge in [0.05, 0.1) is 11.6 Å². The first-order chi connectivity index (χ1) is 13.4. The predicted molar refractivity (Wildman–Crippen MR) is 103 cm³/mol. The van der Waals surface area contributed by atoms with Crippen molar-refractivity contribution in [3.8, 4) is 0 Å². The molecule has 1 saturated heterocycles. The fraction of sp³-hybridized carbons (Fsp3) is 0.286. The fourth-order valence-electron chi connectivity index (χ4n) is 3.63. The van der Waals surface area contributed by atoms with Gasteiger partial charge in [0, 0.05) is 31.9 Å². The lowest BCUT2D eigenvalue weighted by atomic mass is 10.1. The van der Waals surface area contributed by atoms with Crippen LogP contribution in [0.15, 0.2) is 42.5 Å². The van der Waals surface area contributed by atoms with Crippen molar-refractivity contribution in [2.75, 3.05) is 6.54 Å². The van der Waals surface area contributed by atoms with Crippen molar-refractivity contribution in [3.63, 3.8) is 0 Å². The van der Waals surface area contributed by atoms with Gasteiger partial charge in [-0.1, -0.05) is 23.8 Å². The summed E-state index contributed by atoms with van der Waals surface area (Å²) in [7, 11) is 1.80. The molecule has 0 bridgehead atoms. The summed E-state index contributed by atoms with van der Waals surface area (Å²) < 4.78 is 14.7. The van der Waals surface area contributed by atoms with Crippen LogP contribution in [0.1, 0.15) is 28.0 Å². The van der Waals surface area contributed by atoms with Crippen molar-refractivity contribution in [1.29, 1.82) is 0 Å². The van der Waals surface area contributed by atoms with Crippen LogP contribution in [-0.2, 0) is 18.4 Å². The molecule has 0 saturated carbocycles. The van der Waals surface area contributed by atoms with Crippen LogP contribution >= 0.6 is 0 Å². The van der Waals surface area contributed by atoms with E-state index in [1.807, 2.05) is 25.1 Å². The average molecular weight is 380 g/mol. The van der Waals surface area contributed by atoms with Crippen molar-refractivity contribution >= 4 is 22.7 Å². The lowest BCUT2D eigenvalue weighted by molar-refractivity contribution is -0.128. The minimum Gasteiger partial charge on any atom is -0.346 e. The minimum atomic E-state index is -0.306. The molecule has 0 radical (unpaired) electrons. The smallest absolute Gasteiger partial charge is 0.272 e. The average Bonchev–Trinajstić information content (AvgIpc) is 3.16. The predicted octanol–water partition coefficient (Wildman–Crippen LogP) is 2.55. The Kier molecular flexibility index (Phi) is 4.58. The number of aryl methyl sites for hydroxylation is 2. The monoisotopic (exact) mass is 380 g/mol. The number of carbonyl (C=O) groups is 2. The van der Waals surface area contributed by atoms with Gasteiger partial charge in [-0.15, -0.1) is 0 Å². The number of likely N-dealkylation sites (tertiary alicyclic amines) is 1. The molecular formula is C21H21FN4O2. The molecule has 0 spiro atoms. The summed E-state index contributed by atoms with van der Waals surface area (Å²) in [5, 5.41) is 8.09. The van der Waals surface area contributed by atoms with E-state index in [0.29, 0.717) is 18.8 Å². The van der Waals surface area contributed by atoms with Crippen molar-refractivity contribution in [2.45, 2.75) is 25.9 Å². The minimum absolute atomic E-state index is 0.0312. The summed E-state index contributed by atoms with van der Waals surface area (Å²) in [6, 6.07) is 11.7. The molecule has 1 aliphatic rings. The maximum absolute atomic E-state index is 13.0. The maximum atomic E-state index is 13.0. The molecule has 0 aliphatic carbocycles. The van der Waals surface area contributed by atoms with Gasteiger partial charge in [-0.25, -0.2) is 4.39 Å². The van der Waals surface area contributed by atoms with E-state index >= 15 is 0 Å². The van der Waals surface area contributed by atoms with Gasteiger partial charge in [-0.05, 0) is 36.8 Å². The Morgan fingerprint density at radius 2 is 2.00 bits per heavy atom. The Hall–Kier alpha value is -3.22. The van der Waals surface area contributed by atoms with E-state index in [2.05, 4.69) is 10.4 Å². The van der Waals surface area contributed by atoms with Crippen molar-refractivity contribution in [1.82, 2.24) is 20.0 Å². The molecule has 0 unspecified atom stereocenters. The van der Waals surface area contributed by atoms with Crippen LogP contribution in [0.25, 0.3) is 10.9 Å². The molecule has 6 nitrogen and oxygen atoms in total. The molecule has 1 N–H and O–H groups in total. The largest absolute Gasteiger partial charge is 0.346 e. The summed E-state index contributed by atoms with van der Waals surface area (Å²) in [6.45, 7) is 2.79. The van der Waals surface area contributed by atoms with Crippen molar-refractivity contribution in [2.24, 2.45) is 7.05 Å². The number of hydrogen-bond donors (Lipinski definition) is 1. The summed E-state index contributed by atoms with van der Waals surface area (Å²) in [5.41, 5.74) is 3.16. The van der Waals surface area contributed by atoms with Crippen LogP contribution in [0.4, 0.5) is 4.39 Å². The van der Waals surface area contributed by atoms with Crippen LogP contribution in [0.2, 0.25) is 0 Å². The molecule has 2 amide bonds. The van der Waals surface area contributed by atoms with E-state index < -0.39 is 0 Å². The van der Waals surface area contributed by atoms with Gasteiger partial charge >= 0.3 is 0 Å². The molecule has 4 rings (SSSR count). The lowest BCUT2D eigenvalue weighted by Crippen LogP contribution is -2.37. The Bertz CT molecular complexity index is 1060. The Balaban J connectivity index is 1.46. The van der Waals surface area contributed by atoms with E-state index in [0.717, 1.165) is 22.0 Å². The van der Waals surface area contributed by atoms with E-state index in [-0.39, 0.29) is 30.1 Å². The molecule has 2 aromatic carbocycles. The second-order valence-corrected chi connectivity index (χ2v) is 7.27. The van der Waals surface area contributed by atoms with E-state index in [9.17, 15) is 14.0 Å². The second kappa shape index (κ2) is 7.07. The number of nitrogens with zero attached hydrogens (tertiary/aromatic N) is 3. The molecule has 144 valence electrons. The topological polar surface area (TPSA) is 67.2 Å². The molecule has 1 atom stereocenters. The van der Waals surface area contributed by atoms with Crippen molar-refractivity contribution in [3.05, 3.63) is 65.1 Å². The Morgan fingerprint density at radius 1 is 1.25 bits per heavy atom. The highest BCUT2D eigenvalue weighted by Crippen LogP contribution is 2.21. The first-order valence-corrected chi connectivity index (χ1v) is 9.17. The van der Waals surface area contributed by atoms with Crippen LogP contribution in [0.5, 0.6) is 0 Å². The number of benzene rings is 2. The molecule has 2 heterocycles. The number of halogens is 1. The molecule has 1 fully saturated rings. The third kappa shape index (κ3) is 3.47. The molecule has 1 aliphatic heterocycles. The van der Waals surface area contributed by atoms with Gasteiger partial charge in [0.25, 0.3) is 5.91 Å². The van der Waals surface area contributed by atoms with Crippen LogP contribution in [0, 0.1) is 12.7 Å². The summed E-state index contributed by atoms with van der Waals surface area (Å²) in [4.78, 5) is 26.8. The summed E-state index contributed by atoms with van der Waals surface area (Å²) in [6.07, 6.45) is 0.247. The number of fused-ring (bicyclic) bond motifs is 1. The highest BCUT2D eigenvalue weighted by Gasteiger charge is 2.31. The molecule has 7 heteroatoms. The highest BCUT2D eigenvalue weighted by atomic mass is 19.1. The number of rotatable bonds is 4. The molecular weight excluding hydrogens is 359 g/mol. The number of aromatic nitrogens is 2. The standard InChI is InChI=1S/C21H21FN4O2/c1-13-3-8-18-17(9-13)20(24-25(18)2)21(28)23-16-10-19(27)26(12-16)11-14-4-6-15(22)7-5-14/h3-9,16H,10-12H2,1-2H3,(H,23,28)/t16-/m0/s1. The molecule has 1 aromatic heterocycles. The van der Waals surface area contributed by atoms with Gasteiger partial charge in [0.2, 0.25) is 5.91 Å². The van der Waals surface area contributed by atoms with Crippen LogP contribution in [-0.4, -0.2) is 39.1 Å². The van der Waals surface area contributed by atoms with E-state index in [1.165, 1.54) is 12.1 Å². The second-order valence-electron chi connectivity index (χ2n) is 7.27. The normalized spacial score (nSPS) is 16.8. The summed E-state index contributed by atoms with van der Waals surface area (Å²) >= 11 is 0. The fourth-order valence-corrected chi connectivity index (χ4v) is 3.63. The van der Waals surface area contributed by atoms with Gasteiger partial charge < -0.3 is 10.2 Å². The van der Waals surface area contributed by atoms with Gasteiger partial charge in [-0.2, -0.15) is 5.10 Å². The van der Waals surface area contributed by atoms with Gasteiger partial charge in [0.1, 0.15) is 5.82 Å². The van der Waals surface area contributed by atoms with E-state index in [4.69, 9.17) is 0 Å². The lowest BCUT2D eigenvalue weighted by Gasteiger charge is -2.17. The Morgan fingerprint density at radius 3 is 2.75 bits per heavy atom. The number of hydrogen-bond acceptors (Lipinski definition) is 3. The maximum Gasteiger partial charge on any atom is 0.272 e. The first kappa shape index (κ1) is 18.2. The highest BCUT2D eigenvalue weighted by molar-refractivity contribution is 6.05. The first-order valence-electron chi connectivity index (χ1n) is 9.17. The number of nitrogens with one attached hydrogen (secondary N) is 1. The zero-order valence-corrected chi connectivity index (χ0v) is 15.8. The number of amides is 2.